The van der Waals surface area contributed by atoms with Gasteiger partial charge in [0.25, 0.3) is 5.56 Å². The van der Waals surface area contributed by atoms with Gasteiger partial charge in [0.1, 0.15) is 11.6 Å². The Morgan fingerprint density at radius 3 is 2.88 bits per heavy atom. The van der Waals surface area contributed by atoms with E-state index in [0.717, 1.165) is 11.3 Å². The number of hydrogen-bond donors (Lipinski definition) is 0. The molecule has 84 valence electrons. The van der Waals surface area contributed by atoms with E-state index in [1.165, 1.54) is 0 Å². The molecule has 0 saturated carbocycles. The Bertz CT molecular complexity index is 623. The quantitative estimate of drug-likeness (QED) is 0.777. The monoisotopic (exact) mass is 225 g/mol. The molecule has 4 nitrogen and oxygen atoms in total. The number of hydrogen-bond acceptors (Lipinski definition) is 3. The van der Waals surface area contributed by atoms with Crippen LogP contribution in [0.5, 0.6) is 0 Å². The van der Waals surface area contributed by atoms with Gasteiger partial charge >= 0.3 is 0 Å². The minimum atomic E-state index is -0.253. The molecule has 0 fully saturated rings. The Hall–Kier alpha value is -2.41. The molecule has 0 saturated heterocycles. The lowest BCUT2D eigenvalue weighted by atomic mass is 10.2. The number of aryl methyl sites for hydroxylation is 1. The van der Waals surface area contributed by atoms with Crippen LogP contribution in [-0.2, 0) is 6.54 Å². The maximum atomic E-state index is 11.9. The zero-order valence-corrected chi connectivity index (χ0v) is 9.42. The van der Waals surface area contributed by atoms with Crippen molar-refractivity contribution in [2.45, 2.75) is 13.5 Å². The summed E-state index contributed by atoms with van der Waals surface area (Å²) < 4.78 is 1.58. The fourth-order valence-electron chi connectivity index (χ4n) is 1.63. The Morgan fingerprint density at radius 1 is 1.41 bits per heavy atom. The van der Waals surface area contributed by atoms with Crippen LogP contribution in [0, 0.1) is 18.3 Å². The van der Waals surface area contributed by atoms with Gasteiger partial charge in [-0.3, -0.25) is 9.78 Å². The van der Waals surface area contributed by atoms with Crippen LogP contribution in [0.3, 0.4) is 0 Å². The Balaban J connectivity index is 2.47. The van der Waals surface area contributed by atoms with E-state index in [1.807, 2.05) is 25.1 Å². The molecule has 0 unspecified atom stereocenters. The molecule has 0 aromatic carbocycles. The largest absolute Gasteiger partial charge is 0.307 e. The van der Waals surface area contributed by atoms with Crippen molar-refractivity contribution in [3.8, 4) is 6.07 Å². The second-order valence-corrected chi connectivity index (χ2v) is 3.75. The molecule has 2 rings (SSSR count). The molecule has 2 aromatic rings. The Morgan fingerprint density at radius 2 is 2.24 bits per heavy atom. The summed E-state index contributed by atoms with van der Waals surface area (Å²) in [6.45, 7) is 2.28. The number of rotatable bonds is 2. The average Bonchev–Trinajstić information content (AvgIpc) is 2.36. The Labute approximate surface area is 98.8 Å². The fraction of sp³-hybridized carbons (Fsp3) is 0.154. The first kappa shape index (κ1) is 11.1. The van der Waals surface area contributed by atoms with Crippen molar-refractivity contribution in [1.29, 1.82) is 5.26 Å². The van der Waals surface area contributed by atoms with Crippen LogP contribution in [0.15, 0.2) is 41.5 Å². The smallest absolute Gasteiger partial charge is 0.268 e. The van der Waals surface area contributed by atoms with Gasteiger partial charge in [-0.05, 0) is 30.7 Å². The van der Waals surface area contributed by atoms with Gasteiger partial charge in [0.2, 0.25) is 0 Å². The van der Waals surface area contributed by atoms with Gasteiger partial charge in [-0.2, -0.15) is 5.26 Å². The molecule has 0 amide bonds. The molecule has 17 heavy (non-hydrogen) atoms. The third-order valence-electron chi connectivity index (χ3n) is 2.58. The molecule has 0 radical (unpaired) electrons. The van der Waals surface area contributed by atoms with Gasteiger partial charge < -0.3 is 4.57 Å². The van der Waals surface area contributed by atoms with E-state index in [1.54, 1.807) is 29.1 Å². The molecule has 0 atom stereocenters. The first-order chi connectivity index (χ1) is 8.22. The lowest BCUT2D eigenvalue weighted by Crippen LogP contribution is -2.24. The minimum Gasteiger partial charge on any atom is -0.307 e. The normalized spacial score (nSPS) is 9.88. The van der Waals surface area contributed by atoms with Gasteiger partial charge in [0.15, 0.2) is 0 Å². The highest BCUT2D eigenvalue weighted by Gasteiger charge is 2.06. The van der Waals surface area contributed by atoms with E-state index in [0.29, 0.717) is 6.54 Å². The molecule has 0 N–H and O–H groups in total. The predicted molar refractivity (Wildman–Crippen MR) is 63.5 cm³/mol. The van der Waals surface area contributed by atoms with Crippen molar-refractivity contribution in [3.63, 3.8) is 0 Å². The van der Waals surface area contributed by atoms with Gasteiger partial charge in [0, 0.05) is 18.1 Å². The van der Waals surface area contributed by atoms with E-state index in [4.69, 9.17) is 5.26 Å². The highest BCUT2D eigenvalue weighted by atomic mass is 16.1. The zero-order valence-electron chi connectivity index (χ0n) is 9.42. The minimum absolute atomic E-state index is 0.166. The number of aromatic nitrogens is 2. The molecule has 0 aliphatic heterocycles. The highest BCUT2D eigenvalue weighted by Crippen LogP contribution is 2.03. The van der Waals surface area contributed by atoms with Crippen molar-refractivity contribution >= 4 is 0 Å². The van der Waals surface area contributed by atoms with Crippen LogP contribution in [0.1, 0.15) is 16.8 Å². The molecule has 0 aliphatic carbocycles. The lowest BCUT2D eigenvalue weighted by Gasteiger charge is -2.09. The summed E-state index contributed by atoms with van der Waals surface area (Å²) in [5.74, 6) is 0. The summed E-state index contributed by atoms with van der Waals surface area (Å²) in [5, 5.41) is 8.82. The summed E-state index contributed by atoms with van der Waals surface area (Å²) in [6.07, 6.45) is 3.40. The highest BCUT2D eigenvalue weighted by molar-refractivity contribution is 5.28. The summed E-state index contributed by atoms with van der Waals surface area (Å²) >= 11 is 0. The van der Waals surface area contributed by atoms with Crippen LogP contribution in [0.25, 0.3) is 0 Å². The molecule has 0 aliphatic rings. The topological polar surface area (TPSA) is 58.7 Å². The maximum absolute atomic E-state index is 11.9. The van der Waals surface area contributed by atoms with Crippen LogP contribution in [0.4, 0.5) is 0 Å². The van der Waals surface area contributed by atoms with Crippen molar-refractivity contribution < 1.29 is 0 Å². The van der Waals surface area contributed by atoms with E-state index in [-0.39, 0.29) is 11.1 Å². The standard InChI is InChI=1S/C13H11N3O/c1-10-4-5-12(7-14)13(17)16(10)9-11-3-2-6-15-8-11/h2-6,8H,9H2,1H3. The lowest BCUT2D eigenvalue weighted by molar-refractivity contribution is 0.725. The van der Waals surface area contributed by atoms with Crippen LogP contribution in [0.2, 0.25) is 0 Å². The second kappa shape index (κ2) is 4.62. The third kappa shape index (κ3) is 2.23. The fourth-order valence-corrected chi connectivity index (χ4v) is 1.63. The van der Waals surface area contributed by atoms with Crippen molar-refractivity contribution in [2.24, 2.45) is 0 Å². The van der Waals surface area contributed by atoms with E-state index in [9.17, 15) is 4.79 Å². The van der Waals surface area contributed by atoms with Crippen LogP contribution in [-0.4, -0.2) is 9.55 Å². The summed E-state index contributed by atoms with van der Waals surface area (Å²) in [6, 6.07) is 8.95. The third-order valence-corrected chi connectivity index (χ3v) is 2.58. The SMILES string of the molecule is Cc1ccc(C#N)c(=O)n1Cc1cccnc1. The number of nitrogens with zero attached hydrogens (tertiary/aromatic N) is 3. The van der Waals surface area contributed by atoms with Gasteiger partial charge in [-0.1, -0.05) is 6.07 Å². The molecule has 0 bridgehead atoms. The predicted octanol–water partition coefficient (Wildman–Crippen LogP) is 1.47. The Kier molecular flexibility index (Phi) is 3.01. The van der Waals surface area contributed by atoms with Crippen molar-refractivity contribution in [2.75, 3.05) is 0 Å². The molecular weight excluding hydrogens is 214 g/mol. The first-order valence-electron chi connectivity index (χ1n) is 5.22. The van der Waals surface area contributed by atoms with Gasteiger partial charge in [-0.25, -0.2) is 0 Å². The number of pyridine rings is 2. The maximum Gasteiger partial charge on any atom is 0.268 e. The van der Waals surface area contributed by atoms with E-state index >= 15 is 0 Å². The van der Waals surface area contributed by atoms with Crippen molar-refractivity contribution in [1.82, 2.24) is 9.55 Å². The van der Waals surface area contributed by atoms with Crippen LogP contribution < -0.4 is 5.56 Å². The average molecular weight is 225 g/mol. The first-order valence-corrected chi connectivity index (χ1v) is 5.22. The summed E-state index contributed by atoms with van der Waals surface area (Å²) in [5.41, 5.74) is 1.68. The van der Waals surface area contributed by atoms with E-state index in [2.05, 4.69) is 4.98 Å². The zero-order chi connectivity index (χ0) is 12.3. The summed E-state index contributed by atoms with van der Waals surface area (Å²) in [7, 11) is 0. The molecule has 4 heteroatoms. The molecule has 2 aromatic heterocycles. The van der Waals surface area contributed by atoms with Crippen molar-refractivity contribution in [3.05, 3.63) is 63.8 Å². The summed E-state index contributed by atoms with van der Waals surface area (Å²) in [4.78, 5) is 15.9. The van der Waals surface area contributed by atoms with Crippen LogP contribution >= 0.6 is 0 Å². The number of nitriles is 1. The second-order valence-electron chi connectivity index (χ2n) is 3.75. The van der Waals surface area contributed by atoms with Gasteiger partial charge in [0.05, 0.1) is 6.54 Å². The van der Waals surface area contributed by atoms with Gasteiger partial charge in [-0.15, -0.1) is 0 Å². The molecular formula is C13H11N3O. The molecule has 2 heterocycles. The van der Waals surface area contributed by atoms with E-state index < -0.39 is 0 Å². The molecule has 0 spiro atoms.